The van der Waals surface area contributed by atoms with E-state index >= 15 is 0 Å². The number of ether oxygens (including phenoxy) is 2. The summed E-state index contributed by atoms with van der Waals surface area (Å²) in [6, 6.07) is 12.7. The Balaban J connectivity index is 1.42. The molecule has 0 aliphatic carbocycles. The number of hydrogen-bond donors (Lipinski definition) is 3. The Hall–Kier alpha value is -4.14. The fourth-order valence-corrected chi connectivity index (χ4v) is 3.08. The molecule has 0 spiro atoms. The topological polar surface area (TPSA) is 142 Å². The number of carbonyl (C=O) groups excluding carboxylic acids is 2. The molecule has 0 bridgehead atoms. The van der Waals surface area contributed by atoms with Crippen molar-refractivity contribution in [3.8, 4) is 11.5 Å². The average molecular weight is 405 g/mol. The maximum Gasteiger partial charge on any atom is 0.271 e. The number of nitrogens with one attached hydrogen (secondary N) is 1. The van der Waals surface area contributed by atoms with Crippen LogP contribution in [0.4, 0.5) is 5.82 Å². The first-order chi connectivity index (χ1) is 14.5. The molecule has 0 fully saturated rings. The number of anilines is 1. The number of nitrogen functional groups attached to an aromatic ring is 1. The lowest BCUT2D eigenvalue weighted by Gasteiger charge is -2.09. The van der Waals surface area contributed by atoms with Crippen LogP contribution in [0.2, 0.25) is 0 Å². The summed E-state index contributed by atoms with van der Waals surface area (Å²) >= 11 is 0. The molecule has 30 heavy (non-hydrogen) atoms. The number of rotatable bonds is 6. The molecule has 2 amide bonds. The Labute approximate surface area is 172 Å². The van der Waals surface area contributed by atoms with Crippen molar-refractivity contribution in [2.24, 2.45) is 5.73 Å². The van der Waals surface area contributed by atoms with Gasteiger partial charge in [-0.25, -0.2) is 9.97 Å². The van der Waals surface area contributed by atoms with Crippen molar-refractivity contribution in [2.45, 2.75) is 13.0 Å². The first-order valence-electron chi connectivity index (χ1n) is 9.16. The fraction of sp³-hybridized carbons (Fsp3) is 0.143. The van der Waals surface area contributed by atoms with Crippen molar-refractivity contribution in [3.63, 3.8) is 0 Å². The van der Waals surface area contributed by atoms with Gasteiger partial charge in [-0.2, -0.15) is 0 Å². The highest BCUT2D eigenvalue weighted by Crippen LogP contribution is 2.32. The van der Waals surface area contributed by atoms with E-state index in [9.17, 15) is 9.59 Å². The van der Waals surface area contributed by atoms with E-state index in [2.05, 4.69) is 15.3 Å². The number of aromatic nitrogens is 2. The summed E-state index contributed by atoms with van der Waals surface area (Å²) < 4.78 is 10.6. The maximum atomic E-state index is 12.4. The van der Waals surface area contributed by atoms with Crippen molar-refractivity contribution >= 4 is 17.6 Å². The van der Waals surface area contributed by atoms with Gasteiger partial charge in [-0.05, 0) is 29.3 Å². The minimum atomic E-state index is -0.721. The molecular weight excluding hydrogens is 386 g/mol. The number of fused-ring (bicyclic) bond motifs is 1. The van der Waals surface area contributed by atoms with E-state index < -0.39 is 5.91 Å². The summed E-state index contributed by atoms with van der Waals surface area (Å²) in [4.78, 5) is 32.0. The lowest BCUT2D eigenvalue weighted by molar-refractivity contribution is 0.0949. The molecular formula is C21H19N5O4. The number of nitrogens with zero attached hydrogens (tertiary/aromatic N) is 2. The Morgan fingerprint density at radius 1 is 1.07 bits per heavy atom. The Morgan fingerprint density at radius 2 is 1.87 bits per heavy atom. The minimum Gasteiger partial charge on any atom is -0.454 e. The molecule has 9 nitrogen and oxygen atoms in total. The van der Waals surface area contributed by atoms with E-state index in [0.717, 1.165) is 11.1 Å². The largest absolute Gasteiger partial charge is 0.454 e. The highest BCUT2D eigenvalue weighted by molar-refractivity contribution is 5.95. The van der Waals surface area contributed by atoms with Crippen molar-refractivity contribution in [1.82, 2.24) is 15.3 Å². The van der Waals surface area contributed by atoms with Gasteiger partial charge in [0.2, 0.25) is 6.79 Å². The molecule has 9 heteroatoms. The third-order valence-electron chi connectivity index (χ3n) is 4.55. The van der Waals surface area contributed by atoms with E-state index in [1.54, 1.807) is 18.2 Å². The highest BCUT2D eigenvalue weighted by Gasteiger charge is 2.16. The third-order valence-corrected chi connectivity index (χ3v) is 4.55. The predicted octanol–water partition coefficient (Wildman–Crippen LogP) is 1.41. The lowest BCUT2D eigenvalue weighted by Crippen LogP contribution is -2.22. The van der Waals surface area contributed by atoms with Crippen LogP contribution in [0.3, 0.4) is 0 Å². The van der Waals surface area contributed by atoms with Gasteiger partial charge in [0.1, 0.15) is 0 Å². The number of carbonyl (C=O) groups is 2. The Kier molecular flexibility index (Phi) is 5.17. The molecule has 0 radical (unpaired) electrons. The second-order valence-electron chi connectivity index (χ2n) is 6.71. The number of benzene rings is 2. The SMILES string of the molecule is NC(=O)c1nc(Cc2cccc(CNC(=O)c3ccc4c(c3)OCO4)c2)cnc1N. The van der Waals surface area contributed by atoms with Crippen molar-refractivity contribution < 1.29 is 19.1 Å². The van der Waals surface area contributed by atoms with Gasteiger partial charge < -0.3 is 26.3 Å². The molecule has 4 rings (SSSR count). The molecule has 0 saturated heterocycles. The lowest BCUT2D eigenvalue weighted by atomic mass is 10.1. The van der Waals surface area contributed by atoms with Crippen LogP contribution in [0.15, 0.2) is 48.7 Å². The summed E-state index contributed by atoms with van der Waals surface area (Å²) in [6.07, 6.45) is 1.95. The van der Waals surface area contributed by atoms with Crippen molar-refractivity contribution in [1.29, 1.82) is 0 Å². The Morgan fingerprint density at radius 3 is 2.70 bits per heavy atom. The van der Waals surface area contributed by atoms with E-state index in [1.165, 1.54) is 6.20 Å². The van der Waals surface area contributed by atoms with Gasteiger partial charge in [-0.15, -0.1) is 0 Å². The number of hydrogen-bond acceptors (Lipinski definition) is 7. The molecule has 1 aromatic heterocycles. The minimum absolute atomic E-state index is 0.00577. The van der Waals surface area contributed by atoms with Crippen molar-refractivity contribution in [3.05, 3.63) is 76.7 Å². The van der Waals surface area contributed by atoms with Gasteiger partial charge in [0, 0.05) is 18.5 Å². The van der Waals surface area contributed by atoms with Gasteiger partial charge in [0.05, 0.1) is 11.9 Å². The second-order valence-corrected chi connectivity index (χ2v) is 6.71. The normalized spacial score (nSPS) is 11.9. The molecule has 1 aliphatic rings. The first-order valence-corrected chi connectivity index (χ1v) is 9.16. The zero-order valence-electron chi connectivity index (χ0n) is 15.9. The number of primary amides is 1. The zero-order valence-corrected chi connectivity index (χ0v) is 15.9. The van der Waals surface area contributed by atoms with Crippen molar-refractivity contribution in [2.75, 3.05) is 12.5 Å². The predicted molar refractivity (Wildman–Crippen MR) is 108 cm³/mol. The highest BCUT2D eigenvalue weighted by atomic mass is 16.7. The molecule has 1 aliphatic heterocycles. The average Bonchev–Trinajstić information content (AvgIpc) is 3.21. The second kappa shape index (κ2) is 8.08. The van der Waals surface area contributed by atoms with Gasteiger partial charge in [-0.3, -0.25) is 9.59 Å². The Bertz CT molecular complexity index is 1130. The quantitative estimate of drug-likeness (QED) is 0.563. The third kappa shape index (κ3) is 4.14. The summed E-state index contributed by atoms with van der Waals surface area (Å²) in [7, 11) is 0. The number of nitrogens with two attached hydrogens (primary N) is 2. The molecule has 0 atom stereocenters. The fourth-order valence-electron chi connectivity index (χ4n) is 3.08. The monoisotopic (exact) mass is 405 g/mol. The van der Waals surface area contributed by atoms with Gasteiger partial charge in [-0.1, -0.05) is 24.3 Å². The summed E-state index contributed by atoms with van der Waals surface area (Å²) in [5.74, 6) is 0.261. The number of amides is 2. The molecule has 2 heterocycles. The molecule has 0 saturated carbocycles. The van der Waals surface area contributed by atoms with Crippen LogP contribution in [-0.4, -0.2) is 28.6 Å². The van der Waals surface area contributed by atoms with Crippen LogP contribution in [-0.2, 0) is 13.0 Å². The van der Waals surface area contributed by atoms with Gasteiger partial charge in [0.25, 0.3) is 11.8 Å². The molecule has 2 aromatic carbocycles. The van der Waals surface area contributed by atoms with Crippen LogP contribution >= 0.6 is 0 Å². The standard InChI is InChI=1S/C21H19N5O4/c22-19-18(20(23)27)26-15(10-24-19)7-12-2-1-3-13(6-12)9-25-21(28)14-4-5-16-17(8-14)30-11-29-16/h1-6,8,10H,7,9,11H2,(H2,22,24)(H2,23,27)(H,25,28). The molecule has 0 unspecified atom stereocenters. The summed E-state index contributed by atoms with van der Waals surface area (Å²) in [5, 5.41) is 2.89. The summed E-state index contributed by atoms with van der Waals surface area (Å²) in [6.45, 7) is 0.508. The molecule has 152 valence electrons. The molecule has 3 aromatic rings. The molecule has 5 N–H and O–H groups in total. The van der Waals surface area contributed by atoms with E-state index in [0.29, 0.717) is 35.7 Å². The van der Waals surface area contributed by atoms with Crippen LogP contribution in [0.1, 0.15) is 37.7 Å². The smallest absolute Gasteiger partial charge is 0.271 e. The maximum absolute atomic E-state index is 12.4. The zero-order chi connectivity index (χ0) is 21.1. The van der Waals surface area contributed by atoms with E-state index in [4.69, 9.17) is 20.9 Å². The van der Waals surface area contributed by atoms with E-state index in [1.807, 2.05) is 24.3 Å². The van der Waals surface area contributed by atoms with E-state index in [-0.39, 0.29) is 24.2 Å². The van der Waals surface area contributed by atoms with Gasteiger partial charge >= 0.3 is 0 Å². The van der Waals surface area contributed by atoms with Crippen LogP contribution in [0.25, 0.3) is 0 Å². The van der Waals surface area contributed by atoms with Crippen LogP contribution in [0, 0.1) is 0 Å². The summed E-state index contributed by atoms with van der Waals surface area (Å²) in [5.41, 5.74) is 13.8. The first kappa shape index (κ1) is 19.2. The van der Waals surface area contributed by atoms with Crippen LogP contribution in [0.5, 0.6) is 11.5 Å². The van der Waals surface area contributed by atoms with Crippen LogP contribution < -0.4 is 26.3 Å². The van der Waals surface area contributed by atoms with Gasteiger partial charge in [0.15, 0.2) is 23.0 Å².